The summed E-state index contributed by atoms with van der Waals surface area (Å²) in [5.74, 6) is 0.962. The van der Waals surface area contributed by atoms with Crippen molar-refractivity contribution in [2.75, 3.05) is 38.5 Å². The molecule has 1 N–H and O–H groups in total. The maximum Gasteiger partial charge on any atom is 0.293 e. The molecule has 156 valence electrons. The van der Waals surface area contributed by atoms with Crippen LogP contribution < -0.4 is 5.32 Å². The first kappa shape index (κ1) is 21.0. The van der Waals surface area contributed by atoms with Crippen LogP contribution in [-0.4, -0.2) is 61.8 Å². The molecule has 0 spiro atoms. The number of benzene rings is 1. The highest BCUT2D eigenvalue weighted by Crippen LogP contribution is 2.35. The standard InChI is InChI=1S/C19H30N4O4S/c1-14-5-4-6-17(15(14)2)20-18-8-7-16(13-19(18)23(24)25)28(26,27)22-11-9-21(3)10-12-22/h7-8,13-15,17,20H,4-6,9-12H2,1-3H3/t14-,15+,17-/m0/s1. The van der Waals surface area contributed by atoms with Crippen LogP contribution >= 0.6 is 0 Å². The van der Waals surface area contributed by atoms with Crippen LogP contribution in [0.3, 0.4) is 0 Å². The third-order valence-corrected chi connectivity index (χ3v) is 8.21. The molecule has 0 amide bonds. The molecule has 1 aliphatic heterocycles. The van der Waals surface area contributed by atoms with E-state index in [-0.39, 0.29) is 16.6 Å². The van der Waals surface area contributed by atoms with Crippen LogP contribution in [0.1, 0.15) is 33.1 Å². The van der Waals surface area contributed by atoms with Gasteiger partial charge in [-0.2, -0.15) is 4.31 Å². The van der Waals surface area contributed by atoms with Crippen LogP contribution in [0.15, 0.2) is 23.1 Å². The Morgan fingerprint density at radius 1 is 1.14 bits per heavy atom. The summed E-state index contributed by atoms with van der Waals surface area (Å²) in [5, 5.41) is 15.0. The lowest BCUT2D eigenvalue weighted by atomic mass is 9.78. The summed E-state index contributed by atoms with van der Waals surface area (Å²) in [6.45, 7) is 6.46. The monoisotopic (exact) mass is 410 g/mol. The number of nitro groups is 1. The lowest BCUT2D eigenvalue weighted by Crippen LogP contribution is -2.47. The van der Waals surface area contributed by atoms with Crippen LogP contribution in [0, 0.1) is 22.0 Å². The molecule has 1 aliphatic carbocycles. The van der Waals surface area contributed by atoms with Crippen molar-refractivity contribution in [1.29, 1.82) is 0 Å². The Morgan fingerprint density at radius 3 is 2.46 bits per heavy atom. The highest BCUT2D eigenvalue weighted by atomic mass is 32.2. The van der Waals surface area contributed by atoms with Gasteiger partial charge in [-0.1, -0.05) is 26.7 Å². The Kier molecular flexibility index (Phi) is 6.26. The van der Waals surface area contributed by atoms with Crippen molar-refractivity contribution in [3.8, 4) is 0 Å². The average molecular weight is 411 g/mol. The molecular weight excluding hydrogens is 380 g/mol. The highest BCUT2D eigenvalue weighted by molar-refractivity contribution is 7.89. The fourth-order valence-electron chi connectivity index (χ4n) is 4.11. The van der Waals surface area contributed by atoms with Gasteiger partial charge in [-0.15, -0.1) is 0 Å². The molecule has 1 heterocycles. The summed E-state index contributed by atoms with van der Waals surface area (Å²) in [6, 6.07) is 4.39. The first-order chi connectivity index (χ1) is 13.2. The second-order valence-corrected chi connectivity index (χ2v) is 10.1. The smallest absolute Gasteiger partial charge is 0.293 e. The van der Waals surface area contributed by atoms with Gasteiger partial charge in [0, 0.05) is 38.3 Å². The molecule has 3 atom stereocenters. The predicted molar refractivity (Wildman–Crippen MR) is 109 cm³/mol. The molecule has 3 rings (SSSR count). The summed E-state index contributed by atoms with van der Waals surface area (Å²) in [7, 11) is -1.79. The molecule has 9 heteroatoms. The lowest BCUT2D eigenvalue weighted by Gasteiger charge is -2.35. The SMILES string of the molecule is C[C@H]1[C@@H](Nc2ccc(S(=O)(=O)N3CCN(C)CC3)cc2[N+](=O)[O-])CCC[C@@H]1C. The molecule has 1 saturated heterocycles. The molecular formula is C19H30N4O4S. The molecule has 0 bridgehead atoms. The maximum absolute atomic E-state index is 12.9. The second-order valence-electron chi connectivity index (χ2n) is 8.16. The van der Waals surface area contributed by atoms with Gasteiger partial charge < -0.3 is 10.2 Å². The summed E-state index contributed by atoms with van der Waals surface area (Å²) < 4.78 is 27.3. The Labute approximate surface area is 167 Å². The van der Waals surface area contributed by atoms with Crippen molar-refractivity contribution in [2.24, 2.45) is 11.8 Å². The first-order valence-electron chi connectivity index (χ1n) is 9.94. The molecule has 1 saturated carbocycles. The summed E-state index contributed by atoms with van der Waals surface area (Å²) in [6.07, 6.45) is 3.22. The average Bonchev–Trinajstić information content (AvgIpc) is 2.66. The van der Waals surface area contributed by atoms with E-state index in [9.17, 15) is 18.5 Å². The Morgan fingerprint density at radius 2 is 1.82 bits per heavy atom. The van der Waals surface area contributed by atoms with Crippen molar-refractivity contribution < 1.29 is 13.3 Å². The van der Waals surface area contributed by atoms with E-state index in [2.05, 4.69) is 24.1 Å². The fraction of sp³-hybridized carbons (Fsp3) is 0.684. The normalized spacial score (nSPS) is 27.5. The van der Waals surface area contributed by atoms with Crippen LogP contribution in [0.25, 0.3) is 0 Å². The molecule has 8 nitrogen and oxygen atoms in total. The number of nitrogens with one attached hydrogen (secondary N) is 1. The number of hydrogen-bond donors (Lipinski definition) is 1. The third kappa shape index (κ3) is 4.31. The van der Waals surface area contributed by atoms with Gasteiger partial charge >= 0.3 is 0 Å². The van der Waals surface area contributed by atoms with Crippen molar-refractivity contribution in [3.05, 3.63) is 28.3 Å². The van der Waals surface area contributed by atoms with E-state index in [1.807, 2.05) is 7.05 Å². The zero-order valence-corrected chi connectivity index (χ0v) is 17.6. The van der Waals surface area contributed by atoms with Gasteiger partial charge in [0.2, 0.25) is 10.0 Å². The number of hydrogen-bond acceptors (Lipinski definition) is 6. The molecule has 0 unspecified atom stereocenters. The summed E-state index contributed by atoms with van der Waals surface area (Å²) in [4.78, 5) is 13.2. The van der Waals surface area contributed by atoms with Crippen LogP contribution in [0.2, 0.25) is 0 Å². The molecule has 0 aromatic heterocycles. The number of nitro benzene ring substituents is 1. The van der Waals surface area contributed by atoms with Gasteiger partial charge in [0.1, 0.15) is 5.69 Å². The minimum Gasteiger partial charge on any atom is -0.376 e. The Bertz CT molecular complexity index is 821. The summed E-state index contributed by atoms with van der Waals surface area (Å²) >= 11 is 0. The zero-order chi connectivity index (χ0) is 20.5. The number of nitrogens with zero attached hydrogens (tertiary/aromatic N) is 3. The van der Waals surface area contributed by atoms with Crippen LogP contribution in [-0.2, 0) is 10.0 Å². The van der Waals surface area contributed by atoms with Gasteiger partial charge in [-0.3, -0.25) is 10.1 Å². The van der Waals surface area contributed by atoms with E-state index in [0.717, 1.165) is 12.8 Å². The molecule has 0 radical (unpaired) electrons. The lowest BCUT2D eigenvalue weighted by molar-refractivity contribution is -0.384. The highest BCUT2D eigenvalue weighted by Gasteiger charge is 2.32. The second kappa shape index (κ2) is 8.34. The van der Waals surface area contributed by atoms with Crippen LogP contribution in [0.4, 0.5) is 11.4 Å². The van der Waals surface area contributed by atoms with Gasteiger partial charge in [-0.05, 0) is 37.4 Å². The molecule has 28 heavy (non-hydrogen) atoms. The first-order valence-corrected chi connectivity index (χ1v) is 11.4. The quantitative estimate of drug-likeness (QED) is 0.592. The molecule has 2 fully saturated rings. The number of sulfonamides is 1. The van der Waals surface area contributed by atoms with Gasteiger partial charge in [0.25, 0.3) is 5.69 Å². The number of likely N-dealkylation sites (N-methyl/N-ethyl adjacent to an activating group) is 1. The number of rotatable bonds is 5. The van der Waals surface area contributed by atoms with Crippen molar-refractivity contribution in [1.82, 2.24) is 9.21 Å². The van der Waals surface area contributed by atoms with Gasteiger partial charge in [0.05, 0.1) is 9.82 Å². The van der Waals surface area contributed by atoms with E-state index in [1.54, 1.807) is 6.07 Å². The van der Waals surface area contributed by atoms with E-state index in [4.69, 9.17) is 0 Å². The minimum absolute atomic E-state index is 0.0145. The van der Waals surface area contributed by atoms with E-state index in [1.165, 1.54) is 22.9 Å². The van der Waals surface area contributed by atoms with E-state index >= 15 is 0 Å². The third-order valence-electron chi connectivity index (χ3n) is 6.31. The molecule has 1 aromatic carbocycles. The van der Waals surface area contributed by atoms with Gasteiger partial charge in [0.15, 0.2) is 0 Å². The zero-order valence-electron chi connectivity index (χ0n) is 16.8. The molecule has 2 aliphatic rings. The largest absolute Gasteiger partial charge is 0.376 e. The predicted octanol–water partition coefficient (Wildman–Crippen LogP) is 2.77. The van der Waals surface area contributed by atoms with Crippen LogP contribution in [0.5, 0.6) is 0 Å². The van der Waals surface area contributed by atoms with Crippen molar-refractivity contribution >= 4 is 21.4 Å². The van der Waals surface area contributed by atoms with Gasteiger partial charge in [-0.25, -0.2) is 8.42 Å². The van der Waals surface area contributed by atoms with Crippen molar-refractivity contribution in [2.45, 2.75) is 44.0 Å². The topological polar surface area (TPSA) is 95.8 Å². The Balaban J connectivity index is 1.86. The van der Waals surface area contributed by atoms with E-state index < -0.39 is 14.9 Å². The van der Waals surface area contributed by atoms with Crippen molar-refractivity contribution in [3.63, 3.8) is 0 Å². The number of piperazine rings is 1. The fourth-order valence-corrected chi connectivity index (χ4v) is 5.55. The maximum atomic E-state index is 12.9. The number of anilines is 1. The Hall–Kier alpha value is -1.71. The van der Waals surface area contributed by atoms with E-state index in [0.29, 0.717) is 43.7 Å². The molecule has 1 aromatic rings. The minimum atomic E-state index is -3.74. The summed E-state index contributed by atoms with van der Waals surface area (Å²) in [5.41, 5.74) is 0.217.